The number of nitrogens with one attached hydrogen (secondary N) is 1. The number of hydrogen-bond acceptors (Lipinski definition) is 3. The maximum atomic E-state index is 6.11. The van der Waals surface area contributed by atoms with Gasteiger partial charge in [0.15, 0.2) is 0 Å². The lowest BCUT2D eigenvalue weighted by Crippen LogP contribution is -2.15. The third kappa shape index (κ3) is 5.68. The van der Waals surface area contributed by atoms with Crippen LogP contribution in [0.2, 0.25) is 5.02 Å². The van der Waals surface area contributed by atoms with Crippen LogP contribution in [0, 0.1) is 0 Å². The third-order valence-corrected chi connectivity index (χ3v) is 3.68. The molecular weight excluding hydrogens is 298 g/mol. The summed E-state index contributed by atoms with van der Waals surface area (Å²) in [6, 6.07) is 15.9. The molecule has 2 aromatic carbocycles. The zero-order valence-electron chi connectivity index (χ0n) is 12.8. The van der Waals surface area contributed by atoms with E-state index in [-0.39, 0.29) is 0 Å². The molecule has 3 nitrogen and oxygen atoms in total. The molecule has 0 aliphatic carbocycles. The molecule has 0 aliphatic rings. The van der Waals surface area contributed by atoms with Crippen molar-refractivity contribution in [2.24, 2.45) is 0 Å². The van der Waals surface area contributed by atoms with E-state index in [1.807, 2.05) is 36.4 Å². The molecule has 0 saturated heterocycles. The predicted molar refractivity (Wildman–Crippen MR) is 90.4 cm³/mol. The Hall–Kier alpha value is -1.55. The van der Waals surface area contributed by atoms with Crippen LogP contribution in [-0.2, 0) is 17.9 Å². The van der Waals surface area contributed by atoms with Gasteiger partial charge in [-0.25, -0.2) is 0 Å². The minimum Gasteiger partial charge on any atom is -0.489 e. The normalized spacial score (nSPS) is 10.6. The Morgan fingerprint density at radius 3 is 2.55 bits per heavy atom. The highest BCUT2D eigenvalue weighted by Crippen LogP contribution is 2.18. The van der Waals surface area contributed by atoms with E-state index in [2.05, 4.69) is 17.4 Å². The second-order valence-corrected chi connectivity index (χ2v) is 5.45. The Balaban J connectivity index is 1.76. The lowest BCUT2D eigenvalue weighted by atomic mass is 10.2. The maximum absolute atomic E-state index is 6.11. The first-order valence-electron chi connectivity index (χ1n) is 7.44. The van der Waals surface area contributed by atoms with Crippen molar-refractivity contribution < 1.29 is 9.47 Å². The molecule has 0 unspecified atom stereocenters. The zero-order valence-corrected chi connectivity index (χ0v) is 13.6. The average Bonchev–Trinajstić information content (AvgIpc) is 2.55. The number of ether oxygens (including phenoxy) is 2. The predicted octanol–water partition coefficient (Wildman–Crippen LogP) is 4.05. The first-order valence-corrected chi connectivity index (χ1v) is 7.82. The Morgan fingerprint density at radius 1 is 1.05 bits per heavy atom. The van der Waals surface area contributed by atoms with E-state index in [0.29, 0.717) is 6.61 Å². The Labute approximate surface area is 137 Å². The number of benzene rings is 2. The maximum Gasteiger partial charge on any atom is 0.119 e. The summed E-state index contributed by atoms with van der Waals surface area (Å²) in [6.45, 7) is 3.09. The summed E-state index contributed by atoms with van der Waals surface area (Å²) in [5, 5.41) is 4.12. The van der Waals surface area contributed by atoms with E-state index in [0.717, 1.165) is 42.5 Å². The number of halogens is 1. The van der Waals surface area contributed by atoms with Crippen LogP contribution in [0.25, 0.3) is 0 Å². The fourth-order valence-electron chi connectivity index (χ4n) is 2.05. The highest BCUT2D eigenvalue weighted by atomic mass is 35.5. The van der Waals surface area contributed by atoms with Crippen LogP contribution in [0.5, 0.6) is 5.75 Å². The SMILES string of the molecule is COCCCNCc1ccc(OCc2ccccc2Cl)cc1. The van der Waals surface area contributed by atoms with Crippen molar-refractivity contribution in [3.63, 3.8) is 0 Å². The molecule has 0 bridgehead atoms. The fraction of sp³-hybridized carbons (Fsp3) is 0.333. The third-order valence-electron chi connectivity index (χ3n) is 3.31. The molecule has 2 aromatic rings. The molecule has 0 atom stereocenters. The van der Waals surface area contributed by atoms with Gasteiger partial charge in [0, 0.05) is 30.8 Å². The first kappa shape index (κ1) is 16.8. The van der Waals surface area contributed by atoms with Gasteiger partial charge in [0.2, 0.25) is 0 Å². The lowest BCUT2D eigenvalue weighted by Gasteiger charge is -2.09. The Bertz CT molecular complexity index is 557. The van der Waals surface area contributed by atoms with Gasteiger partial charge in [-0.1, -0.05) is 41.9 Å². The highest BCUT2D eigenvalue weighted by Gasteiger charge is 2.01. The van der Waals surface area contributed by atoms with Crippen LogP contribution in [0.4, 0.5) is 0 Å². The number of methoxy groups -OCH3 is 1. The molecule has 0 saturated carbocycles. The van der Waals surface area contributed by atoms with Crippen LogP contribution in [0.3, 0.4) is 0 Å². The summed E-state index contributed by atoms with van der Waals surface area (Å²) in [5.41, 5.74) is 2.23. The molecule has 0 aliphatic heterocycles. The molecule has 0 aromatic heterocycles. The molecule has 118 valence electrons. The first-order chi connectivity index (χ1) is 10.8. The molecule has 0 amide bonds. The Kier molecular flexibility index (Phi) is 7.23. The Morgan fingerprint density at radius 2 is 1.82 bits per heavy atom. The van der Waals surface area contributed by atoms with Crippen molar-refractivity contribution in [3.05, 3.63) is 64.7 Å². The lowest BCUT2D eigenvalue weighted by molar-refractivity contribution is 0.194. The summed E-state index contributed by atoms with van der Waals surface area (Å²) in [4.78, 5) is 0. The van der Waals surface area contributed by atoms with E-state index in [1.54, 1.807) is 7.11 Å². The van der Waals surface area contributed by atoms with Crippen LogP contribution < -0.4 is 10.1 Å². The fourth-order valence-corrected chi connectivity index (χ4v) is 2.24. The molecule has 2 rings (SSSR count). The van der Waals surface area contributed by atoms with Gasteiger partial charge in [0.05, 0.1) is 0 Å². The van der Waals surface area contributed by atoms with Crippen LogP contribution >= 0.6 is 11.6 Å². The van der Waals surface area contributed by atoms with E-state index in [1.165, 1.54) is 5.56 Å². The van der Waals surface area contributed by atoms with Crippen LogP contribution in [0.15, 0.2) is 48.5 Å². The van der Waals surface area contributed by atoms with E-state index < -0.39 is 0 Å². The van der Waals surface area contributed by atoms with Crippen LogP contribution in [-0.4, -0.2) is 20.3 Å². The second kappa shape index (κ2) is 9.46. The molecule has 0 heterocycles. The summed E-state index contributed by atoms with van der Waals surface area (Å²) in [7, 11) is 1.72. The minimum atomic E-state index is 0.480. The van der Waals surface area contributed by atoms with Gasteiger partial charge in [-0.05, 0) is 36.7 Å². The zero-order chi connectivity index (χ0) is 15.6. The molecule has 1 N–H and O–H groups in total. The van der Waals surface area contributed by atoms with Gasteiger partial charge < -0.3 is 14.8 Å². The van der Waals surface area contributed by atoms with Gasteiger partial charge in [0.1, 0.15) is 12.4 Å². The van der Waals surface area contributed by atoms with Gasteiger partial charge >= 0.3 is 0 Å². The second-order valence-electron chi connectivity index (χ2n) is 5.05. The topological polar surface area (TPSA) is 30.5 Å². The summed E-state index contributed by atoms with van der Waals surface area (Å²) in [5.74, 6) is 0.850. The van der Waals surface area contributed by atoms with Gasteiger partial charge in [-0.2, -0.15) is 0 Å². The van der Waals surface area contributed by atoms with Crippen molar-refractivity contribution in [3.8, 4) is 5.75 Å². The van der Waals surface area contributed by atoms with Gasteiger partial charge in [0.25, 0.3) is 0 Å². The monoisotopic (exact) mass is 319 g/mol. The van der Waals surface area contributed by atoms with E-state index in [4.69, 9.17) is 21.1 Å². The average molecular weight is 320 g/mol. The minimum absolute atomic E-state index is 0.480. The van der Waals surface area contributed by atoms with E-state index >= 15 is 0 Å². The molecule has 0 radical (unpaired) electrons. The van der Waals surface area contributed by atoms with Gasteiger partial charge in [-0.3, -0.25) is 0 Å². The largest absolute Gasteiger partial charge is 0.489 e. The summed E-state index contributed by atoms with van der Waals surface area (Å²) < 4.78 is 10.8. The number of rotatable bonds is 9. The quantitative estimate of drug-likeness (QED) is 0.707. The molecule has 4 heteroatoms. The standard InChI is InChI=1S/C18H22ClNO2/c1-21-12-4-11-20-13-15-7-9-17(10-8-15)22-14-16-5-2-3-6-18(16)19/h2-3,5-10,20H,4,11-14H2,1H3. The summed E-state index contributed by atoms with van der Waals surface area (Å²) >= 11 is 6.11. The van der Waals surface area contributed by atoms with Crippen molar-refractivity contribution in [1.29, 1.82) is 0 Å². The highest BCUT2D eigenvalue weighted by molar-refractivity contribution is 6.31. The van der Waals surface area contributed by atoms with Crippen molar-refractivity contribution in [2.45, 2.75) is 19.6 Å². The van der Waals surface area contributed by atoms with Crippen molar-refractivity contribution >= 4 is 11.6 Å². The van der Waals surface area contributed by atoms with Crippen molar-refractivity contribution in [2.75, 3.05) is 20.3 Å². The molecule has 22 heavy (non-hydrogen) atoms. The van der Waals surface area contributed by atoms with Crippen LogP contribution in [0.1, 0.15) is 17.5 Å². The van der Waals surface area contributed by atoms with Gasteiger partial charge in [-0.15, -0.1) is 0 Å². The smallest absolute Gasteiger partial charge is 0.119 e. The summed E-state index contributed by atoms with van der Waals surface area (Å²) in [6.07, 6.45) is 1.02. The molecule has 0 spiro atoms. The molecule has 0 fully saturated rings. The number of hydrogen-bond donors (Lipinski definition) is 1. The molecular formula is C18H22ClNO2. The van der Waals surface area contributed by atoms with Crippen molar-refractivity contribution in [1.82, 2.24) is 5.32 Å². The van der Waals surface area contributed by atoms with E-state index in [9.17, 15) is 0 Å².